The first-order valence-corrected chi connectivity index (χ1v) is 3.95. The molecule has 14 heavy (non-hydrogen) atoms. The first-order chi connectivity index (χ1) is 6.31. The third-order valence-corrected chi connectivity index (χ3v) is 1.64. The smallest absolute Gasteiger partial charge is 0.302 e. The van der Waals surface area contributed by atoms with Crippen molar-refractivity contribution in [3.8, 4) is 0 Å². The number of halogens is 2. The summed E-state index contributed by atoms with van der Waals surface area (Å²) in [5, 5.41) is 10.9. The topological polar surface area (TPSA) is 58.9 Å². The molecule has 0 unspecified atom stereocenters. The first-order valence-electron chi connectivity index (χ1n) is 3.95. The van der Waals surface area contributed by atoms with Gasteiger partial charge in [0.25, 0.3) is 6.43 Å². The van der Waals surface area contributed by atoms with E-state index in [0.29, 0.717) is 0 Å². The molecular weight excluding hydrogens is 196 g/mol. The SMILES string of the molecule is CC(=O)OCC(C)(C)C(=NO)C(F)F. The summed E-state index contributed by atoms with van der Waals surface area (Å²) in [6, 6.07) is 0. The van der Waals surface area contributed by atoms with E-state index in [1.807, 2.05) is 0 Å². The predicted molar refractivity (Wildman–Crippen MR) is 45.6 cm³/mol. The summed E-state index contributed by atoms with van der Waals surface area (Å²) in [4.78, 5) is 10.5. The van der Waals surface area contributed by atoms with Crippen molar-refractivity contribution < 1.29 is 23.5 Å². The van der Waals surface area contributed by atoms with E-state index >= 15 is 0 Å². The minimum atomic E-state index is -2.87. The van der Waals surface area contributed by atoms with E-state index < -0.39 is 23.5 Å². The van der Waals surface area contributed by atoms with E-state index in [0.717, 1.165) is 0 Å². The normalized spacial score (nSPS) is 13.1. The molecule has 0 heterocycles. The van der Waals surface area contributed by atoms with Crippen molar-refractivity contribution in [2.45, 2.75) is 27.2 Å². The molecule has 0 aromatic heterocycles. The third kappa shape index (κ3) is 3.68. The number of oxime groups is 1. The van der Waals surface area contributed by atoms with Crippen molar-refractivity contribution in [3.63, 3.8) is 0 Å². The van der Waals surface area contributed by atoms with Gasteiger partial charge in [-0.1, -0.05) is 19.0 Å². The number of hydrogen-bond acceptors (Lipinski definition) is 4. The summed E-state index contributed by atoms with van der Waals surface area (Å²) in [7, 11) is 0. The average Bonchev–Trinajstić information content (AvgIpc) is 2.01. The van der Waals surface area contributed by atoms with E-state index in [4.69, 9.17) is 5.21 Å². The van der Waals surface area contributed by atoms with E-state index in [9.17, 15) is 13.6 Å². The molecule has 0 amide bonds. The molecule has 0 aromatic carbocycles. The summed E-state index contributed by atoms with van der Waals surface area (Å²) in [6.07, 6.45) is -2.87. The second kappa shape index (κ2) is 4.88. The highest BCUT2D eigenvalue weighted by molar-refractivity contribution is 5.92. The van der Waals surface area contributed by atoms with Gasteiger partial charge in [0.1, 0.15) is 12.3 Å². The molecule has 0 spiro atoms. The van der Waals surface area contributed by atoms with Crippen molar-refractivity contribution in [3.05, 3.63) is 0 Å². The number of hydrogen-bond donors (Lipinski definition) is 1. The molecule has 1 N–H and O–H groups in total. The van der Waals surface area contributed by atoms with Crippen LogP contribution in [-0.2, 0) is 9.53 Å². The van der Waals surface area contributed by atoms with Gasteiger partial charge in [-0.25, -0.2) is 8.78 Å². The number of alkyl halides is 2. The summed E-state index contributed by atoms with van der Waals surface area (Å²) < 4.78 is 29.2. The molecule has 0 aliphatic heterocycles. The number of carbonyl (C=O) groups excluding carboxylic acids is 1. The van der Waals surface area contributed by atoms with E-state index in [1.165, 1.54) is 20.8 Å². The highest BCUT2D eigenvalue weighted by atomic mass is 19.3. The fraction of sp³-hybridized carbons (Fsp3) is 0.750. The van der Waals surface area contributed by atoms with Gasteiger partial charge in [0.15, 0.2) is 0 Å². The van der Waals surface area contributed by atoms with Crippen LogP contribution in [0.15, 0.2) is 5.16 Å². The Balaban J connectivity index is 4.50. The predicted octanol–water partition coefficient (Wildman–Crippen LogP) is 1.67. The lowest BCUT2D eigenvalue weighted by Gasteiger charge is -2.24. The molecule has 0 fully saturated rings. The maximum Gasteiger partial charge on any atom is 0.302 e. The second-order valence-electron chi connectivity index (χ2n) is 3.45. The van der Waals surface area contributed by atoms with Crippen LogP contribution in [0.5, 0.6) is 0 Å². The Labute approximate surface area is 80.5 Å². The fourth-order valence-electron chi connectivity index (χ4n) is 0.830. The zero-order valence-corrected chi connectivity index (χ0v) is 8.25. The standard InChI is InChI=1S/C8H13F2NO3/c1-5(12)14-4-8(2,3)6(11-13)7(9)10/h7,13H,4H2,1-3H3. The quantitative estimate of drug-likeness (QED) is 0.331. The Bertz CT molecular complexity index is 239. The Morgan fingerprint density at radius 3 is 2.36 bits per heavy atom. The van der Waals surface area contributed by atoms with Crippen molar-refractivity contribution in [1.29, 1.82) is 0 Å². The molecule has 0 saturated carbocycles. The molecule has 0 saturated heterocycles. The zero-order valence-electron chi connectivity index (χ0n) is 8.25. The van der Waals surface area contributed by atoms with Gasteiger partial charge in [0.2, 0.25) is 0 Å². The molecule has 0 rings (SSSR count). The van der Waals surface area contributed by atoms with Gasteiger partial charge < -0.3 is 9.94 Å². The fourth-order valence-corrected chi connectivity index (χ4v) is 0.830. The summed E-state index contributed by atoms with van der Waals surface area (Å²) in [6.45, 7) is 3.73. The van der Waals surface area contributed by atoms with Crippen molar-refractivity contribution in [1.82, 2.24) is 0 Å². The lowest BCUT2D eigenvalue weighted by atomic mass is 9.88. The van der Waals surface area contributed by atoms with E-state index in [1.54, 1.807) is 0 Å². The second-order valence-corrected chi connectivity index (χ2v) is 3.45. The number of rotatable bonds is 4. The van der Waals surface area contributed by atoms with Gasteiger partial charge in [0, 0.05) is 12.3 Å². The van der Waals surface area contributed by atoms with Crippen LogP contribution in [0.3, 0.4) is 0 Å². The monoisotopic (exact) mass is 209 g/mol. The van der Waals surface area contributed by atoms with Gasteiger partial charge in [-0.3, -0.25) is 4.79 Å². The molecule has 6 heteroatoms. The van der Waals surface area contributed by atoms with Gasteiger partial charge in [-0.05, 0) is 0 Å². The van der Waals surface area contributed by atoms with Crippen molar-refractivity contribution in [2.24, 2.45) is 10.6 Å². The lowest BCUT2D eigenvalue weighted by Crippen LogP contribution is -2.35. The van der Waals surface area contributed by atoms with Crippen LogP contribution < -0.4 is 0 Å². The lowest BCUT2D eigenvalue weighted by molar-refractivity contribution is -0.142. The van der Waals surface area contributed by atoms with Gasteiger partial charge >= 0.3 is 5.97 Å². The Morgan fingerprint density at radius 2 is 2.07 bits per heavy atom. The van der Waals surface area contributed by atoms with Crippen LogP contribution in [0.1, 0.15) is 20.8 Å². The maximum absolute atomic E-state index is 12.3. The van der Waals surface area contributed by atoms with E-state index in [2.05, 4.69) is 9.89 Å². The average molecular weight is 209 g/mol. The van der Waals surface area contributed by atoms with Crippen LogP contribution >= 0.6 is 0 Å². The number of esters is 1. The summed E-state index contributed by atoms with van der Waals surface area (Å²) >= 11 is 0. The van der Waals surface area contributed by atoms with Crippen LogP contribution in [0, 0.1) is 5.41 Å². The molecule has 0 radical (unpaired) electrons. The largest absolute Gasteiger partial charge is 0.465 e. The summed E-state index contributed by atoms with van der Waals surface area (Å²) in [5.74, 6) is -0.565. The minimum absolute atomic E-state index is 0.244. The summed E-state index contributed by atoms with van der Waals surface area (Å²) in [5.41, 5.74) is -1.87. The van der Waals surface area contributed by atoms with Crippen molar-refractivity contribution in [2.75, 3.05) is 6.61 Å². The van der Waals surface area contributed by atoms with Crippen LogP contribution in [0.2, 0.25) is 0 Å². The van der Waals surface area contributed by atoms with E-state index in [-0.39, 0.29) is 6.61 Å². The molecular formula is C8H13F2NO3. The molecule has 4 nitrogen and oxygen atoms in total. The van der Waals surface area contributed by atoms with Crippen LogP contribution in [0.25, 0.3) is 0 Å². The van der Waals surface area contributed by atoms with Crippen molar-refractivity contribution >= 4 is 11.7 Å². The molecule has 0 atom stereocenters. The number of carbonyl (C=O) groups is 1. The zero-order chi connectivity index (χ0) is 11.4. The Morgan fingerprint density at radius 1 is 1.57 bits per heavy atom. The number of nitrogens with zero attached hydrogens (tertiary/aromatic N) is 1. The molecule has 0 aliphatic carbocycles. The number of ether oxygens (including phenoxy) is 1. The Hall–Kier alpha value is -1.20. The third-order valence-electron chi connectivity index (χ3n) is 1.64. The molecule has 0 bridgehead atoms. The molecule has 0 aromatic rings. The van der Waals surface area contributed by atoms with Crippen LogP contribution in [-0.4, -0.2) is 29.9 Å². The molecule has 82 valence electrons. The minimum Gasteiger partial charge on any atom is -0.465 e. The highest BCUT2D eigenvalue weighted by Gasteiger charge is 2.33. The molecule has 0 aliphatic rings. The van der Waals surface area contributed by atoms with Gasteiger partial charge in [-0.2, -0.15) is 0 Å². The highest BCUT2D eigenvalue weighted by Crippen LogP contribution is 2.22. The first kappa shape index (κ1) is 12.8. The Kier molecular flexibility index (Phi) is 4.46. The van der Waals surface area contributed by atoms with Crippen LogP contribution in [0.4, 0.5) is 8.78 Å². The van der Waals surface area contributed by atoms with Gasteiger partial charge in [0.05, 0.1) is 0 Å². The van der Waals surface area contributed by atoms with Gasteiger partial charge in [-0.15, -0.1) is 0 Å². The maximum atomic E-state index is 12.3.